The lowest BCUT2D eigenvalue weighted by molar-refractivity contribution is -0.137. The molecule has 1 unspecified atom stereocenters. The number of unbranched alkanes of at least 4 members (excludes halogenated alkanes) is 1. The number of rotatable bonds is 18. The molecule has 1 amide bonds. The van der Waals surface area contributed by atoms with E-state index in [4.69, 9.17) is 20.9 Å². The second-order valence-electron chi connectivity index (χ2n) is 9.84. The molecule has 2 rings (SSSR count). The zero-order chi connectivity index (χ0) is 30.3. The van der Waals surface area contributed by atoms with Crippen LogP contribution in [0.25, 0.3) is 0 Å². The Morgan fingerprint density at radius 3 is 2.61 bits per heavy atom. The monoisotopic (exact) mass is 577 g/mol. The third-order valence-electron chi connectivity index (χ3n) is 6.54. The van der Waals surface area contributed by atoms with Gasteiger partial charge >= 0.3 is 6.18 Å². The van der Waals surface area contributed by atoms with Gasteiger partial charge in [-0.2, -0.15) is 13.2 Å². The molecule has 0 bridgehead atoms. The van der Waals surface area contributed by atoms with E-state index in [1.807, 2.05) is 37.1 Å². The molecule has 226 valence electrons. The van der Waals surface area contributed by atoms with Crippen LogP contribution in [0.15, 0.2) is 59.2 Å². The van der Waals surface area contributed by atoms with Gasteiger partial charge in [-0.3, -0.25) is 14.7 Å². The van der Waals surface area contributed by atoms with Crippen molar-refractivity contribution in [3.05, 3.63) is 70.9 Å². The van der Waals surface area contributed by atoms with Gasteiger partial charge < -0.3 is 26.3 Å². The lowest BCUT2D eigenvalue weighted by Gasteiger charge is -2.26. The zero-order valence-corrected chi connectivity index (χ0v) is 24.0. The molecular formula is C30H42F3N5O3. The van der Waals surface area contributed by atoms with Crippen molar-refractivity contribution in [3.8, 4) is 5.75 Å². The highest BCUT2D eigenvalue weighted by atomic mass is 19.4. The van der Waals surface area contributed by atoms with E-state index in [9.17, 15) is 18.0 Å². The van der Waals surface area contributed by atoms with E-state index in [2.05, 4.69) is 10.3 Å². The number of likely N-dealkylation sites (N-methyl/N-ethyl adjacent to an activating group) is 1. The van der Waals surface area contributed by atoms with E-state index >= 15 is 0 Å². The van der Waals surface area contributed by atoms with Gasteiger partial charge in [0, 0.05) is 33.0 Å². The standard InChI is InChI=1S/C30H42F3N5O3/c1-22-11-12-27(16-24(22)21-38(2)28(29(35)39)10-7-14-40-3)41-15-5-4-13-36-19-23(18-34)20-37-26-9-6-8-25(17-26)30(31,32)33/h6,8-9,11-12,16-18,20,28,36H,4-5,7,10,13-15,19,21,34H2,1-3H3,(H2,35,39)/b23-18-,37-20?. The highest BCUT2D eigenvalue weighted by Gasteiger charge is 2.30. The lowest BCUT2D eigenvalue weighted by Crippen LogP contribution is -2.42. The number of amides is 1. The summed E-state index contributed by atoms with van der Waals surface area (Å²) in [4.78, 5) is 18.1. The van der Waals surface area contributed by atoms with E-state index in [0.717, 1.165) is 48.3 Å². The van der Waals surface area contributed by atoms with Gasteiger partial charge in [0.25, 0.3) is 0 Å². The summed E-state index contributed by atoms with van der Waals surface area (Å²) < 4.78 is 49.7. The third-order valence-corrected chi connectivity index (χ3v) is 6.54. The zero-order valence-electron chi connectivity index (χ0n) is 24.0. The first-order valence-electron chi connectivity index (χ1n) is 13.6. The van der Waals surface area contributed by atoms with E-state index in [1.54, 1.807) is 7.11 Å². The maximum absolute atomic E-state index is 12.9. The molecule has 0 aliphatic carbocycles. The number of aliphatic imine (C=N–C) groups is 1. The minimum Gasteiger partial charge on any atom is -0.494 e. The fraction of sp³-hybridized carbons (Fsp3) is 0.467. The Kier molecular flexibility index (Phi) is 14.4. The first kappa shape index (κ1) is 33.8. The van der Waals surface area contributed by atoms with E-state index in [0.29, 0.717) is 44.8 Å². The second-order valence-corrected chi connectivity index (χ2v) is 9.84. The number of carbonyl (C=O) groups excluding carboxylic acids is 1. The van der Waals surface area contributed by atoms with Gasteiger partial charge in [0.15, 0.2) is 0 Å². The van der Waals surface area contributed by atoms with Crippen molar-refractivity contribution in [2.24, 2.45) is 16.5 Å². The molecule has 11 heteroatoms. The second kappa shape index (κ2) is 17.4. The van der Waals surface area contributed by atoms with E-state index in [-0.39, 0.29) is 17.6 Å². The van der Waals surface area contributed by atoms with Crippen LogP contribution in [-0.2, 0) is 22.3 Å². The van der Waals surface area contributed by atoms with Crippen molar-refractivity contribution >= 4 is 17.8 Å². The molecule has 0 saturated carbocycles. The number of primary amides is 1. The molecule has 0 aromatic heterocycles. The number of aryl methyl sites for hydroxylation is 1. The Morgan fingerprint density at radius 1 is 1.15 bits per heavy atom. The van der Waals surface area contributed by atoms with Gasteiger partial charge in [-0.15, -0.1) is 0 Å². The first-order valence-corrected chi connectivity index (χ1v) is 13.6. The van der Waals surface area contributed by atoms with Gasteiger partial charge in [0.05, 0.1) is 23.9 Å². The number of carbonyl (C=O) groups is 1. The van der Waals surface area contributed by atoms with Crippen LogP contribution < -0.4 is 21.5 Å². The van der Waals surface area contributed by atoms with E-state index in [1.165, 1.54) is 24.5 Å². The van der Waals surface area contributed by atoms with Crippen LogP contribution in [-0.4, -0.2) is 63.5 Å². The number of hydrogen-bond acceptors (Lipinski definition) is 7. The predicted octanol–water partition coefficient (Wildman–Crippen LogP) is 4.72. The van der Waals surface area contributed by atoms with Crippen molar-refractivity contribution in [1.29, 1.82) is 0 Å². The molecule has 2 aromatic rings. The molecule has 0 aliphatic heterocycles. The predicted molar refractivity (Wildman–Crippen MR) is 156 cm³/mol. The first-order chi connectivity index (χ1) is 19.5. The molecule has 8 nitrogen and oxygen atoms in total. The molecule has 2 aromatic carbocycles. The Balaban J connectivity index is 1.75. The van der Waals surface area contributed by atoms with Gasteiger partial charge in [-0.05, 0) is 99.4 Å². The number of ether oxygens (including phenoxy) is 2. The van der Waals surface area contributed by atoms with Crippen molar-refractivity contribution in [1.82, 2.24) is 10.2 Å². The highest BCUT2D eigenvalue weighted by molar-refractivity contribution is 5.81. The van der Waals surface area contributed by atoms with Crippen molar-refractivity contribution in [3.63, 3.8) is 0 Å². The molecule has 0 aliphatic rings. The quantitative estimate of drug-likeness (QED) is 0.175. The number of halogens is 3. The summed E-state index contributed by atoms with van der Waals surface area (Å²) in [6, 6.07) is 10.4. The van der Waals surface area contributed by atoms with Crippen LogP contribution in [0.2, 0.25) is 0 Å². The number of alkyl halides is 3. The summed E-state index contributed by atoms with van der Waals surface area (Å²) in [5.74, 6) is 0.417. The van der Waals surface area contributed by atoms with Crippen LogP contribution in [0.4, 0.5) is 18.9 Å². The molecule has 41 heavy (non-hydrogen) atoms. The summed E-state index contributed by atoms with van der Waals surface area (Å²) in [7, 11) is 3.53. The third kappa shape index (κ3) is 12.3. The van der Waals surface area contributed by atoms with Crippen molar-refractivity contribution < 1.29 is 27.4 Å². The smallest absolute Gasteiger partial charge is 0.416 e. The van der Waals surface area contributed by atoms with Crippen LogP contribution in [0, 0.1) is 6.92 Å². The molecule has 0 saturated heterocycles. The normalized spacial score (nSPS) is 13.2. The SMILES string of the molecule is COCCCC(C(N)=O)N(C)Cc1cc(OCCCCNC/C(C=Nc2cccc(C(F)(F)F)c2)=C/N)ccc1C. The Bertz CT molecular complexity index is 1150. The minimum absolute atomic E-state index is 0.206. The van der Waals surface area contributed by atoms with Crippen LogP contribution in [0.3, 0.4) is 0 Å². The van der Waals surface area contributed by atoms with Crippen molar-refractivity contribution in [2.75, 3.05) is 40.5 Å². The lowest BCUT2D eigenvalue weighted by atomic mass is 10.1. The molecule has 1 atom stereocenters. The topological polar surface area (TPSA) is 115 Å². The summed E-state index contributed by atoms with van der Waals surface area (Å²) in [6.45, 7) is 4.86. The average molecular weight is 578 g/mol. The molecule has 0 spiro atoms. The fourth-order valence-corrected chi connectivity index (χ4v) is 4.13. The Labute approximate surface area is 240 Å². The summed E-state index contributed by atoms with van der Waals surface area (Å²) in [6.07, 6.45) is 1.48. The number of nitrogens with zero attached hydrogens (tertiary/aromatic N) is 2. The van der Waals surface area contributed by atoms with Gasteiger partial charge in [0.2, 0.25) is 5.91 Å². The van der Waals surface area contributed by atoms with Gasteiger partial charge in [-0.1, -0.05) is 12.1 Å². The Hall–Kier alpha value is -3.41. The van der Waals surface area contributed by atoms with Crippen molar-refractivity contribution in [2.45, 2.75) is 51.4 Å². The summed E-state index contributed by atoms with van der Waals surface area (Å²) in [5.41, 5.74) is 13.6. The van der Waals surface area contributed by atoms with Gasteiger partial charge in [0.1, 0.15) is 5.75 Å². The average Bonchev–Trinajstić information content (AvgIpc) is 2.93. The van der Waals surface area contributed by atoms with E-state index < -0.39 is 11.7 Å². The molecule has 5 N–H and O–H groups in total. The highest BCUT2D eigenvalue weighted by Crippen LogP contribution is 2.31. The number of methoxy groups -OCH3 is 1. The molecular weight excluding hydrogens is 535 g/mol. The number of benzene rings is 2. The number of nitrogens with one attached hydrogen (secondary N) is 1. The summed E-state index contributed by atoms with van der Waals surface area (Å²) in [5, 5.41) is 3.26. The van der Waals surface area contributed by atoms with Crippen LogP contribution >= 0.6 is 0 Å². The maximum atomic E-state index is 12.9. The number of hydrogen-bond donors (Lipinski definition) is 3. The fourth-order valence-electron chi connectivity index (χ4n) is 4.13. The van der Waals surface area contributed by atoms with Gasteiger partial charge in [-0.25, -0.2) is 0 Å². The number of nitrogens with two attached hydrogens (primary N) is 2. The molecule has 0 heterocycles. The molecule has 0 fully saturated rings. The maximum Gasteiger partial charge on any atom is 0.416 e. The largest absolute Gasteiger partial charge is 0.494 e. The minimum atomic E-state index is -4.42. The van der Waals surface area contributed by atoms with Crippen LogP contribution in [0.1, 0.15) is 42.4 Å². The Morgan fingerprint density at radius 2 is 1.93 bits per heavy atom. The molecule has 0 radical (unpaired) electrons. The summed E-state index contributed by atoms with van der Waals surface area (Å²) >= 11 is 0. The van der Waals surface area contributed by atoms with Crippen LogP contribution in [0.5, 0.6) is 5.75 Å².